The molecule has 0 radical (unpaired) electrons. The van der Waals surface area contributed by atoms with Crippen LogP contribution in [-0.2, 0) is 0 Å². The number of nitro groups is 1. The van der Waals surface area contributed by atoms with E-state index in [-0.39, 0.29) is 17.8 Å². The maximum absolute atomic E-state index is 13.2. The molecule has 1 atom stereocenters. The van der Waals surface area contributed by atoms with Gasteiger partial charge < -0.3 is 11.5 Å². The maximum atomic E-state index is 13.2. The highest BCUT2D eigenvalue weighted by atomic mass is 19.1. The highest BCUT2D eigenvalue weighted by Gasteiger charge is 2.22. The number of hydrogen-bond donors (Lipinski definition) is 2. The molecule has 0 spiro atoms. The van der Waals surface area contributed by atoms with Crippen molar-refractivity contribution >= 4 is 5.69 Å². The quantitative estimate of drug-likeness (QED) is 0.553. The number of nitrogens with zero attached hydrogens (tertiary/aromatic N) is 1. The Morgan fingerprint density at radius 2 is 2.21 bits per heavy atom. The second-order valence-electron chi connectivity index (χ2n) is 2.77. The molecule has 0 amide bonds. The van der Waals surface area contributed by atoms with Crippen molar-refractivity contribution in [1.29, 1.82) is 0 Å². The molecule has 0 saturated heterocycles. The average Bonchev–Trinajstić information content (AvgIpc) is 2.16. The molecule has 14 heavy (non-hydrogen) atoms. The smallest absolute Gasteiger partial charge is 0.277 e. The van der Waals surface area contributed by atoms with E-state index in [0.29, 0.717) is 0 Å². The molecule has 6 heteroatoms. The lowest BCUT2D eigenvalue weighted by atomic mass is 10.1. The van der Waals surface area contributed by atoms with E-state index >= 15 is 0 Å². The first-order chi connectivity index (χ1) is 6.57. The van der Waals surface area contributed by atoms with Crippen LogP contribution < -0.4 is 11.5 Å². The van der Waals surface area contributed by atoms with Crippen molar-refractivity contribution in [3.63, 3.8) is 0 Å². The Labute approximate surface area is 79.7 Å². The monoisotopic (exact) mass is 199 g/mol. The molecule has 0 aromatic heterocycles. The lowest BCUT2D eigenvalue weighted by Crippen LogP contribution is -2.23. The van der Waals surface area contributed by atoms with Crippen LogP contribution in [0.25, 0.3) is 0 Å². The van der Waals surface area contributed by atoms with Crippen molar-refractivity contribution in [2.75, 3.05) is 6.54 Å². The van der Waals surface area contributed by atoms with Crippen molar-refractivity contribution in [2.24, 2.45) is 11.5 Å². The van der Waals surface area contributed by atoms with Crippen molar-refractivity contribution in [3.05, 3.63) is 39.7 Å². The summed E-state index contributed by atoms with van der Waals surface area (Å²) in [4.78, 5) is 9.86. The van der Waals surface area contributed by atoms with Crippen LogP contribution in [0.5, 0.6) is 0 Å². The van der Waals surface area contributed by atoms with Gasteiger partial charge in [-0.25, -0.2) is 4.39 Å². The van der Waals surface area contributed by atoms with Gasteiger partial charge in [0.1, 0.15) is 5.82 Å². The van der Waals surface area contributed by atoms with E-state index in [1.807, 2.05) is 0 Å². The van der Waals surface area contributed by atoms with Gasteiger partial charge in [0, 0.05) is 12.6 Å². The third-order valence-electron chi connectivity index (χ3n) is 1.85. The summed E-state index contributed by atoms with van der Waals surface area (Å²) in [7, 11) is 0. The number of halogens is 1. The summed E-state index contributed by atoms with van der Waals surface area (Å²) < 4.78 is 13.2. The van der Waals surface area contributed by atoms with Gasteiger partial charge in [0.25, 0.3) is 5.69 Å². The Balaban J connectivity index is 3.29. The standard InChI is InChI=1S/C8H10FN3O2/c9-5-2-1-3-7(12(13)14)8(5)6(11)4-10/h1-3,6H,4,10-11H2/t6-/m0/s1. The molecular weight excluding hydrogens is 189 g/mol. The van der Waals surface area contributed by atoms with Crippen LogP contribution in [0.15, 0.2) is 18.2 Å². The first kappa shape index (κ1) is 10.6. The van der Waals surface area contributed by atoms with E-state index in [1.54, 1.807) is 0 Å². The minimum Gasteiger partial charge on any atom is -0.329 e. The first-order valence-corrected chi connectivity index (χ1v) is 3.96. The van der Waals surface area contributed by atoms with Crippen molar-refractivity contribution in [3.8, 4) is 0 Å². The molecule has 0 fully saturated rings. The van der Waals surface area contributed by atoms with Gasteiger partial charge in [-0.3, -0.25) is 10.1 Å². The van der Waals surface area contributed by atoms with E-state index in [9.17, 15) is 14.5 Å². The summed E-state index contributed by atoms with van der Waals surface area (Å²) in [6, 6.07) is 2.74. The molecule has 0 unspecified atom stereocenters. The normalized spacial score (nSPS) is 12.5. The SMILES string of the molecule is NC[C@H](N)c1c(F)cccc1[N+](=O)[O-]. The molecular formula is C8H10FN3O2. The third-order valence-corrected chi connectivity index (χ3v) is 1.85. The zero-order valence-electron chi connectivity index (χ0n) is 7.31. The Morgan fingerprint density at radius 3 is 2.71 bits per heavy atom. The summed E-state index contributed by atoms with van der Waals surface area (Å²) in [5, 5.41) is 10.5. The fourth-order valence-electron chi connectivity index (χ4n) is 1.17. The third kappa shape index (κ3) is 1.86. The maximum Gasteiger partial charge on any atom is 0.277 e. The Morgan fingerprint density at radius 1 is 1.57 bits per heavy atom. The van der Waals surface area contributed by atoms with Gasteiger partial charge in [-0.15, -0.1) is 0 Å². The highest BCUT2D eigenvalue weighted by Crippen LogP contribution is 2.25. The minimum atomic E-state index is -0.850. The van der Waals surface area contributed by atoms with Crippen molar-refractivity contribution < 1.29 is 9.31 Å². The van der Waals surface area contributed by atoms with Gasteiger partial charge >= 0.3 is 0 Å². The summed E-state index contributed by atoms with van der Waals surface area (Å²) >= 11 is 0. The van der Waals surface area contributed by atoms with Gasteiger partial charge in [0.05, 0.1) is 16.5 Å². The Bertz CT molecular complexity index is 356. The topological polar surface area (TPSA) is 95.2 Å². The Hall–Kier alpha value is -1.53. The van der Waals surface area contributed by atoms with E-state index in [4.69, 9.17) is 11.5 Å². The lowest BCUT2D eigenvalue weighted by Gasteiger charge is -2.09. The first-order valence-electron chi connectivity index (χ1n) is 3.96. The van der Waals surface area contributed by atoms with Crippen LogP contribution >= 0.6 is 0 Å². The molecule has 0 aliphatic rings. The second-order valence-corrected chi connectivity index (χ2v) is 2.77. The van der Waals surface area contributed by atoms with Crippen molar-refractivity contribution in [2.45, 2.75) is 6.04 Å². The molecule has 0 aliphatic carbocycles. The number of nitro benzene ring substituents is 1. The average molecular weight is 199 g/mol. The summed E-state index contributed by atoms with van der Waals surface area (Å²) in [6.07, 6.45) is 0. The van der Waals surface area contributed by atoms with Crippen LogP contribution in [-0.4, -0.2) is 11.5 Å². The zero-order valence-corrected chi connectivity index (χ0v) is 7.31. The molecule has 1 aromatic carbocycles. The number of nitrogens with two attached hydrogens (primary N) is 2. The van der Waals surface area contributed by atoms with Crippen molar-refractivity contribution in [1.82, 2.24) is 0 Å². The van der Waals surface area contributed by atoms with E-state index in [2.05, 4.69) is 0 Å². The van der Waals surface area contributed by atoms with Crippen LogP contribution in [0.2, 0.25) is 0 Å². The zero-order chi connectivity index (χ0) is 10.7. The molecule has 0 aliphatic heterocycles. The van der Waals surface area contributed by atoms with Crippen LogP contribution in [0.4, 0.5) is 10.1 Å². The number of hydrogen-bond acceptors (Lipinski definition) is 4. The van der Waals surface area contributed by atoms with Crippen LogP contribution in [0.3, 0.4) is 0 Å². The molecule has 5 nitrogen and oxygen atoms in total. The fourth-order valence-corrected chi connectivity index (χ4v) is 1.17. The Kier molecular flexibility index (Phi) is 3.10. The van der Waals surface area contributed by atoms with Crippen LogP contribution in [0.1, 0.15) is 11.6 Å². The molecule has 4 N–H and O–H groups in total. The highest BCUT2D eigenvalue weighted by molar-refractivity contribution is 5.43. The lowest BCUT2D eigenvalue weighted by molar-refractivity contribution is -0.385. The van der Waals surface area contributed by atoms with Gasteiger partial charge in [-0.1, -0.05) is 6.07 Å². The summed E-state index contributed by atoms with van der Waals surface area (Å²) in [5.74, 6) is -0.697. The molecule has 1 aromatic rings. The predicted molar refractivity (Wildman–Crippen MR) is 49.0 cm³/mol. The number of benzene rings is 1. The van der Waals surface area contributed by atoms with Gasteiger partial charge in [0.2, 0.25) is 0 Å². The van der Waals surface area contributed by atoms with Gasteiger partial charge in [-0.05, 0) is 6.07 Å². The van der Waals surface area contributed by atoms with E-state index in [1.165, 1.54) is 12.1 Å². The molecule has 1 rings (SSSR count). The summed E-state index contributed by atoms with van der Waals surface area (Å²) in [6.45, 7) is -0.0399. The fraction of sp³-hybridized carbons (Fsp3) is 0.250. The second kappa shape index (κ2) is 4.12. The molecule has 76 valence electrons. The minimum absolute atomic E-state index is 0.0399. The van der Waals surface area contributed by atoms with Gasteiger partial charge in [-0.2, -0.15) is 0 Å². The molecule has 0 heterocycles. The van der Waals surface area contributed by atoms with Crippen LogP contribution in [0, 0.1) is 15.9 Å². The molecule has 0 saturated carbocycles. The van der Waals surface area contributed by atoms with Gasteiger partial charge in [0.15, 0.2) is 0 Å². The number of rotatable bonds is 3. The summed E-state index contributed by atoms with van der Waals surface area (Å²) in [5.41, 5.74) is 10.2. The molecule has 0 bridgehead atoms. The van der Waals surface area contributed by atoms with E-state index in [0.717, 1.165) is 6.07 Å². The largest absolute Gasteiger partial charge is 0.329 e. The van der Waals surface area contributed by atoms with E-state index < -0.39 is 16.8 Å². The predicted octanol–water partition coefficient (Wildman–Crippen LogP) is 0.692.